The number of hydrogen-bond acceptors (Lipinski definition) is 2. The first-order valence-corrected chi connectivity index (χ1v) is 7.31. The van der Waals surface area contributed by atoms with Gasteiger partial charge in [-0.3, -0.25) is 4.79 Å². The number of rotatable bonds is 2. The standard InChI is InChI=1S/C17H14ClNO3/c18-14-8-4-3-7-13(14)16(20)19-10-12-6-2-1-5-11(12)9-15(19)17(21)22/h1-8,15H,9-10H2,(H,21,22)/t15-/m1/s1. The molecule has 2 aromatic carbocycles. The van der Waals surface area contributed by atoms with Gasteiger partial charge in [-0.15, -0.1) is 0 Å². The fourth-order valence-electron chi connectivity index (χ4n) is 2.75. The van der Waals surface area contributed by atoms with E-state index in [2.05, 4.69) is 0 Å². The molecule has 0 unspecified atom stereocenters. The van der Waals surface area contributed by atoms with Crippen molar-refractivity contribution in [3.63, 3.8) is 0 Å². The van der Waals surface area contributed by atoms with Crippen molar-refractivity contribution >= 4 is 23.5 Å². The van der Waals surface area contributed by atoms with Crippen LogP contribution in [-0.4, -0.2) is 27.9 Å². The van der Waals surface area contributed by atoms with E-state index >= 15 is 0 Å². The number of carboxylic acids is 1. The molecule has 1 aliphatic rings. The average Bonchev–Trinajstić information content (AvgIpc) is 2.53. The van der Waals surface area contributed by atoms with Crippen molar-refractivity contribution in [3.05, 3.63) is 70.2 Å². The number of halogens is 1. The monoisotopic (exact) mass is 315 g/mol. The quantitative estimate of drug-likeness (QED) is 0.927. The van der Waals surface area contributed by atoms with E-state index in [4.69, 9.17) is 11.6 Å². The summed E-state index contributed by atoms with van der Waals surface area (Å²) in [6, 6.07) is 13.4. The Hall–Kier alpha value is -2.33. The molecule has 1 heterocycles. The lowest BCUT2D eigenvalue weighted by atomic mass is 9.93. The largest absolute Gasteiger partial charge is 0.480 e. The molecule has 0 aliphatic carbocycles. The highest BCUT2D eigenvalue weighted by Gasteiger charge is 2.35. The predicted molar refractivity (Wildman–Crippen MR) is 82.9 cm³/mol. The second kappa shape index (κ2) is 5.81. The maximum Gasteiger partial charge on any atom is 0.326 e. The summed E-state index contributed by atoms with van der Waals surface area (Å²) in [5.41, 5.74) is 2.27. The minimum absolute atomic E-state index is 0.275. The molecular weight excluding hydrogens is 302 g/mol. The Morgan fingerprint density at radius 3 is 2.36 bits per heavy atom. The minimum Gasteiger partial charge on any atom is -0.480 e. The van der Waals surface area contributed by atoms with Gasteiger partial charge in [0.2, 0.25) is 0 Å². The van der Waals surface area contributed by atoms with E-state index in [1.54, 1.807) is 24.3 Å². The Morgan fingerprint density at radius 1 is 1.05 bits per heavy atom. The van der Waals surface area contributed by atoms with Crippen molar-refractivity contribution in [3.8, 4) is 0 Å². The lowest BCUT2D eigenvalue weighted by Crippen LogP contribution is -2.48. The fourth-order valence-corrected chi connectivity index (χ4v) is 2.96. The average molecular weight is 316 g/mol. The second-order valence-corrected chi connectivity index (χ2v) is 5.65. The molecule has 0 spiro atoms. The predicted octanol–water partition coefficient (Wildman–Crippen LogP) is 2.99. The minimum atomic E-state index is -1.00. The number of carboxylic acid groups (broad SMARTS) is 1. The molecule has 1 amide bonds. The van der Waals surface area contributed by atoms with Crippen LogP contribution in [0.1, 0.15) is 21.5 Å². The highest BCUT2D eigenvalue weighted by Crippen LogP contribution is 2.27. The van der Waals surface area contributed by atoms with Crippen molar-refractivity contribution in [2.75, 3.05) is 0 Å². The number of aliphatic carboxylic acids is 1. The SMILES string of the molecule is O=C(O)[C@H]1Cc2ccccc2CN1C(=O)c1ccccc1Cl. The maximum absolute atomic E-state index is 12.7. The van der Waals surface area contributed by atoms with Crippen molar-refractivity contribution in [2.24, 2.45) is 0 Å². The summed E-state index contributed by atoms with van der Waals surface area (Å²) in [5, 5.41) is 9.80. The first kappa shape index (κ1) is 14.6. The zero-order valence-corrected chi connectivity index (χ0v) is 12.5. The summed E-state index contributed by atoms with van der Waals surface area (Å²) < 4.78 is 0. The second-order valence-electron chi connectivity index (χ2n) is 5.24. The van der Waals surface area contributed by atoms with Crippen LogP contribution < -0.4 is 0 Å². The van der Waals surface area contributed by atoms with Gasteiger partial charge in [0.15, 0.2) is 0 Å². The first-order valence-electron chi connectivity index (χ1n) is 6.93. The van der Waals surface area contributed by atoms with E-state index < -0.39 is 12.0 Å². The Kier molecular flexibility index (Phi) is 3.86. The third-order valence-corrected chi connectivity index (χ3v) is 4.23. The molecule has 0 radical (unpaired) electrons. The number of fused-ring (bicyclic) bond motifs is 1. The number of nitrogens with zero attached hydrogens (tertiary/aromatic N) is 1. The summed E-state index contributed by atoms with van der Waals surface area (Å²) in [6.07, 6.45) is 0.307. The number of hydrogen-bond donors (Lipinski definition) is 1. The van der Waals surface area contributed by atoms with Crippen molar-refractivity contribution in [2.45, 2.75) is 19.0 Å². The van der Waals surface area contributed by atoms with Crippen molar-refractivity contribution in [1.29, 1.82) is 0 Å². The number of carbonyl (C=O) groups is 2. The number of benzene rings is 2. The molecule has 1 N–H and O–H groups in total. The molecule has 3 rings (SSSR count). The summed E-state index contributed by atoms with van der Waals surface area (Å²) >= 11 is 6.07. The van der Waals surface area contributed by atoms with Crippen LogP contribution in [0.15, 0.2) is 48.5 Å². The van der Waals surface area contributed by atoms with Gasteiger partial charge in [-0.2, -0.15) is 0 Å². The van der Waals surface area contributed by atoms with E-state index in [9.17, 15) is 14.7 Å². The van der Waals surface area contributed by atoms with Crippen molar-refractivity contribution in [1.82, 2.24) is 4.90 Å². The summed E-state index contributed by atoms with van der Waals surface area (Å²) in [7, 11) is 0. The molecule has 1 aliphatic heterocycles. The van der Waals surface area contributed by atoms with E-state index in [1.807, 2.05) is 24.3 Å². The van der Waals surface area contributed by atoms with E-state index in [1.165, 1.54) is 4.90 Å². The highest BCUT2D eigenvalue weighted by molar-refractivity contribution is 6.33. The molecule has 4 nitrogen and oxygen atoms in total. The Labute approximate surface area is 132 Å². The first-order chi connectivity index (χ1) is 10.6. The number of amides is 1. The molecule has 2 aromatic rings. The van der Waals surface area contributed by atoms with E-state index in [0.717, 1.165) is 11.1 Å². The third-order valence-electron chi connectivity index (χ3n) is 3.90. The van der Waals surface area contributed by atoms with Gasteiger partial charge in [-0.1, -0.05) is 48.0 Å². The molecule has 112 valence electrons. The van der Waals surface area contributed by atoms with Crippen LogP contribution in [0, 0.1) is 0 Å². The van der Waals surface area contributed by atoms with Gasteiger partial charge in [-0.05, 0) is 23.3 Å². The van der Waals surface area contributed by atoms with Crippen LogP contribution in [0.25, 0.3) is 0 Å². The van der Waals surface area contributed by atoms with Gasteiger partial charge in [0.05, 0.1) is 10.6 Å². The van der Waals surface area contributed by atoms with Crippen molar-refractivity contribution < 1.29 is 14.7 Å². The topological polar surface area (TPSA) is 57.6 Å². The Bertz CT molecular complexity index is 744. The Morgan fingerprint density at radius 2 is 1.68 bits per heavy atom. The van der Waals surface area contributed by atoms with Gasteiger partial charge in [0, 0.05) is 13.0 Å². The van der Waals surface area contributed by atoms with Gasteiger partial charge < -0.3 is 10.0 Å². The molecule has 0 fully saturated rings. The Balaban J connectivity index is 1.99. The van der Waals surface area contributed by atoms with E-state index in [0.29, 0.717) is 17.0 Å². The van der Waals surface area contributed by atoms with Gasteiger partial charge in [-0.25, -0.2) is 4.79 Å². The molecule has 0 saturated carbocycles. The molecule has 1 atom stereocenters. The zero-order valence-electron chi connectivity index (χ0n) is 11.7. The summed E-state index contributed by atoms with van der Waals surface area (Å²) in [5.74, 6) is -1.36. The smallest absolute Gasteiger partial charge is 0.326 e. The lowest BCUT2D eigenvalue weighted by Gasteiger charge is -2.34. The normalized spacial score (nSPS) is 17.0. The number of carbonyl (C=O) groups excluding carboxylic acids is 1. The maximum atomic E-state index is 12.7. The molecule has 22 heavy (non-hydrogen) atoms. The fraction of sp³-hybridized carbons (Fsp3) is 0.176. The summed E-state index contributed by atoms with van der Waals surface area (Å²) in [4.78, 5) is 25.7. The summed E-state index contributed by atoms with van der Waals surface area (Å²) in [6.45, 7) is 0.275. The zero-order chi connectivity index (χ0) is 15.7. The molecule has 0 saturated heterocycles. The van der Waals surface area contributed by atoms with Gasteiger partial charge in [0.25, 0.3) is 5.91 Å². The highest BCUT2D eigenvalue weighted by atomic mass is 35.5. The molecular formula is C17H14ClNO3. The van der Waals surface area contributed by atoms with Crippen LogP contribution in [-0.2, 0) is 17.8 Å². The molecule has 0 aromatic heterocycles. The molecule has 5 heteroatoms. The van der Waals surface area contributed by atoms with Crippen LogP contribution in [0.5, 0.6) is 0 Å². The van der Waals surface area contributed by atoms with Crippen LogP contribution >= 0.6 is 11.6 Å². The van der Waals surface area contributed by atoms with Crippen LogP contribution in [0.2, 0.25) is 5.02 Å². The van der Waals surface area contributed by atoms with Crippen LogP contribution in [0.4, 0.5) is 0 Å². The van der Waals surface area contributed by atoms with Gasteiger partial charge >= 0.3 is 5.97 Å². The van der Waals surface area contributed by atoms with E-state index in [-0.39, 0.29) is 12.5 Å². The molecule has 0 bridgehead atoms. The third kappa shape index (κ3) is 2.57. The van der Waals surface area contributed by atoms with Gasteiger partial charge in [0.1, 0.15) is 6.04 Å². The van der Waals surface area contributed by atoms with Crippen LogP contribution in [0.3, 0.4) is 0 Å². The lowest BCUT2D eigenvalue weighted by molar-refractivity contribution is -0.142.